The van der Waals surface area contributed by atoms with Gasteiger partial charge < -0.3 is 9.47 Å². The second-order valence-corrected chi connectivity index (χ2v) is 7.04. The van der Waals surface area contributed by atoms with Crippen molar-refractivity contribution in [3.63, 3.8) is 0 Å². The molecule has 1 aromatic rings. The van der Waals surface area contributed by atoms with Crippen molar-refractivity contribution < 1.29 is 14.3 Å². The number of ether oxygens (including phenoxy) is 2. The zero-order valence-electron chi connectivity index (χ0n) is 14.2. The van der Waals surface area contributed by atoms with E-state index in [1.165, 1.54) is 56.8 Å². The lowest BCUT2D eigenvalue weighted by Gasteiger charge is -2.27. The number of benzene rings is 1. The van der Waals surface area contributed by atoms with Gasteiger partial charge in [-0.05, 0) is 48.8 Å². The van der Waals surface area contributed by atoms with E-state index >= 15 is 0 Å². The van der Waals surface area contributed by atoms with Crippen LogP contribution in [0.25, 0.3) is 0 Å². The molecule has 0 unspecified atom stereocenters. The van der Waals surface area contributed by atoms with Crippen LogP contribution >= 0.6 is 0 Å². The first-order valence-electron chi connectivity index (χ1n) is 9.10. The number of esters is 1. The zero-order chi connectivity index (χ0) is 16.1. The molecule has 0 bridgehead atoms. The predicted molar refractivity (Wildman–Crippen MR) is 90.7 cm³/mol. The fourth-order valence-corrected chi connectivity index (χ4v) is 3.93. The molecule has 0 radical (unpaired) electrons. The van der Waals surface area contributed by atoms with Crippen LogP contribution in [0.3, 0.4) is 0 Å². The smallest absolute Gasteiger partial charge is 0.305 e. The van der Waals surface area contributed by atoms with Crippen LogP contribution in [0.4, 0.5) is 0 Å². The summed E-state index contributed by atoms with van der Waals surface area (Å²) in [5.74, 6) is 1.74. The Labute approximate surface area is 139 Å². The minimum Gasteiger partial charge on any atom is -0.490 e. The fourth-order valence-electron chi connectivity index (χ4n) is 3.93. The SMILES string of the molecule is COC(=O)CC[C@H]1CCc2cc(CC3CCCCC3)ccc2O1. The minimum atomic E-state index is -0.151. The van der Waals surface area contributed by atoms with Gasteiger partial charge in [-0.3, -0.25) is 4.79 Å². The third-order valence-electron chi connectivity index (χ3n) is 5.30. The lowest BCUT2D eigenvalue weighted by atomic mass is 9.84. The highest BCUT2D eigenvalue weighted by molar-refractivity contribution is 5.69. The molecule has 1 fully saturated rings. The molecule has 1 aromatic carbocycles. The number of methoxy groups -OCH3 is 1. The predicted octanol–water partition coefficient (Wildman–Crippen LogP) is 4.46. The summed E-state index contributed by atoms with van der Waals surface area (Å²) in [5.41, 5.74) is 2.81. The number of rotatable bonds is 5. The first kappa shape index (κ1) is 16.4. The van der Waals surface area contributed by atoms with E-state index in [-0.39, 0.29) is 12.1 Å². The van der Waals surface area contributed by atoms with Gasteiger partial charge in [-0.25, -0.2) is 0 Å². The summed E-state index contributed by atoms with van der Waals surface area (Å²) in [4.78, 5) is 11.3. The van der Waals surface area contributed by atoms with Crippen LogP contribution in [-0.4, -0.2) is 19.2 Å². The molecule has 3 nitrogen and oxygen atoms in total. The molecule has 1 atom stereocenters. The number of aryl methyl sites for hydroxylation is 1. The summed E-state index contributed by atoms with van der Waals surface area (Å²) in [6.45, 7) is 0. The van der Waals surface area contributed by atoms with Gasteiger partial charge >= 0.3 is 5.97 Å². The summed E-state index contributed by atoms with van der Waals surface area (Å²) >= 11 is 0. The van der Waals surface area contributed by atoms with Crippen molar-refractivity contribution in [2.45, 2.75) is 70.3 Å². The summed E-state index contributed by atoms with van der Waals surface area (Å²) < 4.78 is 10.8. The molecule has 23 heavy (non-hydrogen) atoms. The molecule has 3 heteroatoms. The molecule has 0 amide bonds. The van der Waals surface area contributed by atoms with Crippen molar-refractivity contribution in [2.75, 3.05) is 7.11 Å². The molecule has 0 spiro atoms. The number of hydrogen-bond acceptors (Lipinski definition) is 3. The average molecular weight is 316 g/mol. The lowest BCUT2D eigenvalue weighted by Crippen LogP contribution is -2.24. The van der Waals surface area contributed by atoms with E-state index in [0.29, 0.717) is 6.42 Å². The van der Waals surface area contributed by atoms with Gasteiger partial charge in [-0.15, -0.1) is 0 Å². The number of fused-ring (bicyclic) bond motifs is 1. The van der Waals surface area contributed by atoms with Gasteiger partial charge in [0.2, 0.25) is 0 Å². The normalized spacial score (nSPS) is 21.3. The Balaban J connectivity index is 1.56. The summed E-state index contributed by atoms with van der Waals surface area (Å²) in [6, 6.07) is 6.72. The standard InChI is InChI=1S/C20H28O3/c1-22-20(21)12-10-18-9-8-17-14-16(7-11-19(17)23-18)13-15-5-3-2-4-6-15/h7,11,14-15,18H,2-6,8-10,12-13H2,1H3/t18-/m1/s1. The van der Waals surface area contributed by atoms with Gasteiger partial charge in [-0.2, -0.15) is 0 Å². The number of carbonyl (C=O) groups excluding carboxylic acids is 1. The van der Waals surface area contributed by atoms with Gasteiger partial charge in [0.15, 0.2) is 0 Å². The van der Waals surface area contributed by atoms with E-state index in [1.807, 2.05) is 0 Å². The zero-order valence-corrected chi connectivity index (χ0v) is 14.2. The van der Waals surface area contributed by atoms with Crippen molar-refractivity contribution >= 4 is 5.97 Å². The average Bonchev–Trinajstić information content (AvgIpc) is 2.60. The summed E-state index contributed by atoms with van der Waals surface area (Å²) in [6.07, 6.45) is 11.6. The molecular weight excluding hydrogens is 288 g/mol. The third-order valence-corrected chi connectivity index (χ3v) is 5.30. The number of carbonyl (C=O) groups is 1. The summed E-state index contributed by atoms with van der Waals surface area (Å²) in [7, 11) is 1.44. The maximum atomic E-state index is 11.3. The largest absolute Gasteiger partial charge is 0.490 e. The topological polar surface area (TPSA) is 35.5 Å². The minimum absolute atomic E-state index is 0.144. The van der Waals surface area contributed by atoms with Gasteiger partial charge in [0.25, 0.3) is 0 Å². The van der Waals surface area contributed by atoms with Crippen LogP contribution in [0.1, 0.15) is 62.5 Å². The second kappa shape index (κ2) is 7.85. The van der Waals surface area contributed by atoms with E-state index in [1.54, 1.807) is 0 Å². The van der Waals surface area contributed by atoms with Gasteiger partial charge in [-0.1, -0.05) is 44.2 Å². The summed E-state index contributed by atoms with van der Waals surface area (Å²) in [5, 5.41) is 0. The van der Waals surface area contributed by atoms with Crippen LogP contribution in [0.2, 0.25) is 0 Å². The first-order valence-corrected chi connectivity index (χ1v) is 9.10. The molecule has 1 aliphatic heterocycles. The van der Waals surface area contributed by atoms with Crippen LogP contribution < -0.4 is 4.74 Å². The Morgan fingerprint density at radius 2 is 2.04 bits per heavy atom. The highest BCUT2D eigenvalue weighted by Gasteiger charge is 2.21. The molecule has 1 heterocycles. The van der Waals surface area contributed by atoms with E-state index in [0.717, 1.165) is 30.9 Å². The Bertz CT molecular complexity index is 532. The monoisotopic (exact) mass is 316 g/mol. The van der Waals surface area contributed by atoms with Crippen LogP contribution in [0, 0.1) is 5.92 Å². The highest BCUT2D eigenvalue weighted by Crippen LogP contribution is 2.32. The van der Waals surface area contributed by atoms with Crippen LogP contribution in [0.15, 0.2) is 18.2 Å². The maximum absolute atomic E-state index is 11.3. The Morgan fingerprint density at radius 3 is 2.83 bits per heavy atom. The van der Waals surface area contributed by atoms with Gasteiger partial charge in [0, 0.05) is 6.42 Å². The van der Waals surface area contributed by atoms with E-state index in [4.69, 9.17) is 9.47 Å². The molecule has 126 valence electrons. The Morgan fingerprint density at radius 1 is 1.22 bits per heavy atom. The van der Waals surface area contributed by atoms with Crippen molar-refractivity contribution in [3.05, 3.63) is 29.3 Å². The maximum Gasteiger partial charge on any atom is 0.305 e. The van der Waals surface area contributed by atoms with Crippen molar-refractivity contribution in [1.29, 1.82) is 0 Å². The molecule has 1 saturated carbocycles. The molecule has 0 saturated heterocycles. The second-order valence-electron chi connectivity index (χ2n) is 7.04. The quantitative estimate of drug-likeness (QED) is 0.753. The first-order chi connectivity index (χ1) is 11.2. The Kier molecular flexibility index (Phi) is 5.58. The Hall–Kier alpha value is -1.51. The molecule has 3 rings (SSSR count). The van der Waals surface area contributed by atoms with E-state index < -0.39 is 0 Å². The van der Waals surface area contributed by atoms with Crippen molar-refractivity contribution in [3.8, 4) is 5.75 Å². The molecule has 2 aliphatic rings. The molecule has 1 aliphatic carbocycles. The highest BCUT2D eigenvalue weighted by atomic mass is 16.5. The van der Waals surface area contributed by atoms with Crippen LogP contribution in [0.5, 0.6) is 5.75 Å². The number of hydrogen-bond donors (Lipinski definition) is 0. The van der Waals surface area contributed by atoms with Gasteiger partial charge in [0.1, 0.15) is 5.75 Å². The lowest BCUT2D eigenvalue weighted by molar-refractivity contribution is -0.141. The van der Waals surface area contributed by atoms with Crippen molar-refractivity contribution in [2.24, 2.45) is 5.92 Å². The van der Waals surface area contributed by atoms with Crippen molar-refractivity contribution in [1.82, 2.24) is 0 Å². The fraction of sp³-hybridized carbons (Fsp3) is 0.650. The molecule has 0 aromatic heterocycles. The van der Waals surface area contributed by atoms with Gasteiger partial charge in [0.05, 0.1) is 13.2 Å². The van der Waals surface area contributed by atoms with Crippen LogP contribution in [-0.2, 0) is 22.4 Å². The molecule has 0 N–H and O–H groups in total. The van der Waals surface area contributed by atoms with E-state index in [9.17, 15) is 4.79 Å². The molecular formula is C20H28O3. The third kappa shape index (κ3) is 4.49. The van der Waals surface area contributed by atoms with E-state index in [2.05, 4.69) is 18.2 Å².